The Morgan fingerprint density at radius 2 is 2.06 bits per heavy atom. The largest absolute Gasteiger partial charge is 0.486 e. The first-order chi connectivity index (χ1) is 8.70. The quantitative estimate of drug-likeness (QED) is 0.489. The molecule has 0 atom stereocenters. The number of hydrogen-bond acceptors (Lipinski definition) is 4. The molecule has 0 bridgehead atoms. The van der Waals surface area contributed by atoms with Crippen LogP contribution >= 0.6 is 0 Å². The average molecular weight is 246 g/mol. The maximum atomic E-state index is 11.4. The molecule has 2 aromatic rings. The summed E-state index contributed by atoms with van der Waals surface area (Å²) < 4.78 is 10.7. The van der Waals surface area contributed by atoms with Crippen molar-refractivity contribution in [2.75, 3.05) is 0 Å². The number of nitrogens with one attached hydrogen (secondary N) is 1. The van der Waals surface area contributed by atoms with Crippen LogP contribution in [-0.2, 0) is 6.61 Å². The highest BCUT2D eigenvalue weighted by Gasteiger charge is 2.13. The first-order valence-corrected chi connectivity index (χ1v) is 5.47. The van der Waals surface area contributed by atoms with Crippen LogP contribution in [0.2, 0.25) is 0 Å². The molecule has 1 amide bonds. The fourth-order valence-electron chi connectivity index (χ4n) is 1.52. The van der Waals surface area contributed by atoms with E-state index in [-0.39, 0.29) is 6.61 Å². The van der Waals surface area contributed by atoms with E-state index in [1.165, 1.54) is 6.26 Å². The predicted molar refractivity (Wildman–Crippen MR) is 65.9 cm³/mol. The summed E-state index contributed by atoms with van der Waals surface area (Å²) in [4.78, 5) is 11.4. The van der Waals surface area contributed by atoms with E-state index in [0.717, 1.165) is 11.3 Å². The van der Waals surface area contributed by atoms with Crippen LogP contribution < -0.4 is 16.0 Å². The summed E-state index contributed by atoms with van der Waals surface area (Å²) in [6.45, 7) is 2.18. The maximum Gasteiger partial charge on any atom is 0.268 e. The summed E-state index contributed by atoms with van der Waals surface area (Å²) in [6, 6.07) is 9.17. The van der Waals surface area contributed by atoms with E-state index in [9.17, 15) is 4.79 Å². The second-order valence-electron chi connectivity index (χ2n) is 3.83. The standard InChI is InChI=1S/C13H14N2O3/c1-9-2-4-10(5-3-9)18-8-12-11(6-7-17-12)13(16)15-14/h2-7H,8,14H2,1H3,(H,15,16). The second kappa shape index (κ2) is 5.37. The molecule has 3 N–H and O–H groups in total. The number of amides is 1. The molecule has 0 aliphatic heterocycles. The molecule has 0 spiro atoms. The molecule has 0 aliphatic rings. The average Bonchev–Trinajstić information content (AvgIpc) is 2.85. The van der Waals surface area contributed by atoms with E-state index < -0.39 is 5.91 Å². The zero-order chi connectivity index (χ0) is 13.0. The fourth-order valence-corrected chi connectivity index (χ4v) is 1.52. The number of aryl methyl sites for hydroxylation is 1. The van der Waals surface area contributed by atoms with Crippen LogP contribution in [0.4, 0.5) is 0 Å². The predicted octanol–water partition coefficient (Wildman–Crippen LogP) is 1.77. The SMILES string of the molecule is Cc1ccc(OCc2occc2C(=O)NN)cc1. The Hall–Kier alpha value is -2.27. The molecule has 1 heterocycles. The van der Waals surface area contributed by atoms with Gasteiger partial charge in [-0.3, -0.25) is 10.2 Å². The molecule has 18 heavy (non-hydrogen) atoms. The van der Waals surface area contributed by atoms with Gasteiger partial charge in [-0.2, -0.15) is 0 Å². The normalized spacial score (nSPS) is 10.1. The third-order valence-electron chi connectivity index (χ3n) is 2.51. The molecule has 0 unspecified atom stereocenters. The lowest BCUT2D eigenvalue weighted by Crippen LogP contribution is -2.30. The Morgan fingerprint density at radius 3 is 2.72 bits per heavy atom. The van der Waals surface area contributed by atoms with Crippen molar-refractivity contribution in [1.29, 1.82) is 0 Å². The minimum atomic E-state index is -0.397. The fraction of sp³-hybridized carbons (Fsp3) is 0.154. The first-order valence-electron chi connectivity index (χ1n) is 5.47. The van der Waals surface area contributed by atoms with E-state index in [1.807, 2.05) is 31.2 Å². The van der Waals surface area contributed by atoms with E-state index in [1.54, 1.807) is 6.07 Å². The van der Waals surface area contributed by atoms with Crippen molar-refractivity contribution >= 4 is 5.91 Å². The smallest absolute Gasteiger partial charge is 0.268 e. The van der Waals surface area contributed by atoms with Crippen LogP contribution in [0.3, 0.4) is 0 Å². The second-order valence-corrected chi connectivity index (χ2v) is 3.83. The lowest BCUT2D eigenvalue weighted by Gasteiger charge is -2.06. The maximum absolute atomic E-state index is 11.4. The lowest BCUT2D eigenvalue weighted by atomic mass is 10.2. The van der Waals surface area contributed by atoms with Crippen LogP contribution in [0, 0.1) is 6.92 Å². The zero-order valence-corrected chi connectivity index (χ0v) is 9.97. The number of nitrogen functional groups attached to an aromatic ring is 1. The number of carbonyl (C=O) groups is 1. The van der Waals surface area contributed by atoms with Gasteiger partial charge in [0, 0.05) is 0 Å². The molecule has 5 nitrogen and oxygen atoms in total. The highest BCUT2D eigenvalue weighted by Crippen LogP contribution is 2.16. The number of ether oxygens (including phenoxy) is 1. The Morgan fingerprint density at radius 1 is 1.33 bits per heavy atom. The summed E-state index contributed by atoms with van der Waals surface area (Å²) in [7, 11) is 0. The van der Waals surface area contributed by atoms with Gasteiger partial charge < -0.3 is 9.15 Å². The van der Waals surface area contributed by atoms with Gasteiger partial charge >= 0.3 is 0 Å². The summed E-state index contributed by atoms with van der Waals surface area (Å²) in [5.41, 5.74) is 3.59. The number of furan rings is 1. The van der Waals surface area contributed by atoms with Crippen molar-refractivity contribution in [1.82, 2.24) is 5.43 Å². The minimum absolute atomic E-state index is 0.179. The highest BCUT2D eigenvalue weighted by molar-refractivity contribution is 5.94. The molecule has 0 saturated carbocycles. The molecule has 5 heteroatoms. The monoisotopic (exact) mass is 246 g/mol. The number of benzene rings is 1. The van der Waals surface area contributed by atoms with E-state index in [0.29, 0.717) is 11.3 Å². The molecule has 1 aromatic carbocycles. The van der Waals surface area contributed by atoms with Crippen molar-refractivity contribution in [2.45, 2.75) is 13.5 Å². The molecular weight excluding hydrogens is 232 g/mol. The number of hydrazine groups is 1. The molecule has 94 valence electrons. The van der Waals surface area contributed by atoms with Crippen LogP contribution in [-0.4, -0.2) is 5.91 Å². The molecule has 0 radical (unpaired) electrons. The van der Waals surface area contributed by atoms with Crippen molar-refractivity contribution < 1.29 is 13.9 Å². The molecule has 1 aromatic heterocycles. The van der Waals surface area contributed by atoms with E-state index in [2.05, 4.69) is 5.43 Å². The summed E-state index contributed by atoms with van der Waals surface area (Å²) in [5, 5.41) is 0. The summed E-state index contributed by atoms with van der Waals surface area (Å²) in [5.74, 6) is 5.84. The van der Waals surface area contributed by atoms with Gasteiger partial charge in [0.05, 0.1) is 11.8 Å². The third kappa shape index (κ3) is 2.70. The van der Waals surface area contributed by atoms with E-state index in [4.69, 9.17) is 15.0 Å². The minimum Gasteiger partial charge on any atom is -0.486 e. The van der Waals surface area contributed by atoms with Crippen molar-refractivity contribution in [3.8, 4) is 5.75 Å². The van der Waals surface area contributed by atoms with Gasteiger partial charge in [0.25, 0.3) is 5.91 Å². The number of carbonyl (C=O) groups excluding carboxylic acids is 1. The van der Waals surface area contributed by atoms with Gasteiger partial charge in [-0.15, -0.1) is 0 Å². The van der Waals surface area contributed by atoms with Crippen LogP contribution in [0.15, 0.2) is 41.0 Å². The van der Waals surface area contributed by atoms with Gasteiger partial charge in [-0.1, -0.05) is 17.7 Å². The van der Waals surface area contributed by atoms with Gasteiger partial charge in [-0.25, -0.2) is 5.84 Å². The summed E-state index contributed by atoms with van der Waals surface area (Å²) in [6.07, 6.45) is 1.43. The number of rotatable bonds is 4. The molecular formula is C13H14N2O3. The first kappa shape index (κ1) is 12.2. The van der Waals surface area contributed by atoms with Crippen LogP contribution in [0.1, 0.15) is 21.7 Å². The Labute approximate surface area is 105 Å². The number of nitrogens with two attached hydrogens (primary N) is 1. The number of hydrogen-bond donors (Lipinski definition) is 2. The van der Waals surface area contributed by atoms with Crippen LogP contribution in [0.5, 0.6) is 5.75 Å². The molecule has 0 aliphatic carbocycles. The molecule has 2 rings (SSSR count). The zero-order valence-electron chi connectivity index (χ0n) is 9.97. The Balaban J connectivity index is 2.04. The lowest BCUT2D eigenvalue weighted by molar-refractivity contribution is 0.0949. The van der Waals surface area contributed by atoms with Crippen molar-refractivity contribution in [3.05, 3.63) is 53.5 Å². The van der Waals surface area contributed by atoms with Gasteiger partial charge in [0.1, 0.15) is 12.4 Å². The van der Waals surface area contributed by atoms with Gasteiger partial charge in [0.2, 0.25) is 0 Å². The summed E-state index contributed by atoms with van der Waals surface area (Å²) >= 11 is 0. The van der Waals surface area contributed by atoms with Crippen LogP contribution in [0.25, 0.3) is 0 Å². The van der Waals surface area contributed by atoms with Gasteiger partial charge in [0.15, 0.2) is 5.76 Å². The topological polar surface area (TPSA) is 77.5 Å². The molecule has 0 fully saturated rings. The third-order valence-corrected chi connectivity index (χ3v) is 2.51. The molecule has 0 saturated heterocycles. The van der Waals surface area contributed by atoms with E-state index >= 15 is 0 Å². The Kier molecular flexibility index (Phi) is 3.64. The van der Waals surface area contributed by atoms with Crippen molar-refractivity contribution in [3.63, 3.8) is 0 Å². The van der Waals surface area contributed by atoms with Gasteiger partial charge in [-0.05, 0) is 25.1 Å². The Bertz CT molecular complexity index is 531. The highest BCUT2D eigenvalue weighted by atomic mass is 16.5. The van der Waals surface area contributed by atoms with Crippen molar-refractivity contribution in [2.24, 2.45) is 5.84 Å².